The summed E-state index contributed by atoms with van der Waals surface area (Å²) in [5.41, 5.74) is 4.83. The van der Waals surface area contributed by atoms with Gasteiger partial charge < -0.3 is 25.0 Å². The summed E-state index contributed by atoms with van der Waals surface area (Å²) in [6.45, 7) is 11.8. The molecule has 0 radical (unpaired) electrons. The van der Waals surface area contributed by atoms with Gasteiger partial charge in [0.05, 0.1) is 5.56 Å². The number of piperazine rings is 1. The SMILES string of the molecule is CCOCCCN=C(Nc1cccc(C(=O)O)c1)N1CCN(c2cc(C)ccc2C)CC1. The van der Waals surface area contributed by atoms with Gasteiger partial charge in [-0.2, -0.15) is 0 Å². The first-order valence-corrected chi connectivity index (χ1v) is 11.3. The number of benzene rings is 2. The number of nitrogens with one attached hydrogen (secondary N) is 1. The van der Waals surface area contributed by atoms with Crippen molar-refractivity contribution in [3.8, 4) is 0 Å². The summed E-state index contributed by atoms with van der Waals surface area (Å²) in [5.74, 6) is -0.157. The monoisotopic (exact) mass is 438 g/mol. The van der Waals surface area contributed by atoms with Crippen LogP contribution in [-0.2, 0) is 4.74 Å². The molecule has 7 heteroatoms. The standard InChI is InChI=1S/C25H34N4O3/c1-4-32-16-6-11-26-25(27-22-8-5-7-21(18-22)24(30)31)29-14-12-28(13-15-29)23-17-19(2)9-10-20(23)3/h5,7-10,17-18H,4,6,11-16H2,1-3H3,(H,26,27)(H,30,31). The lowest BCUT2D eigenvalue weighted by Crippen LogP contribution is -2.51. The van der Waals surface area contributed by atoms with E-state index in [9.17, 15) is 9.90 Å². The summed E-state index contributed by atoms with van der Waals surface area (Å²) < 4.78 is 5.43. The van der Waals surface area contributed by atoms with Crippen molar-refractivity contribution in [1.82, 2.24) is 4.90 Å². The van der Waals surface area contributed by atoms with Gasteiger partial charge in [0.1, 0.15) is 0 Å². The van der Waals surface area contributed by atoms with Crippen molar-refractivity contribution in [2.75, 3.05) is 56.2 Å². The third kappa shape index (κ3) is 6.47. The van der Waals surface area contributed by atoms with E-state index in [-0.39, 0.29) is 5.56 Å². The van der Waals surface area contributed by atoms with E-state index in [1.165, 1.54) is 16.8 Å². The van der Waals surface area contributed by atoms with Crippen molar-refractivity contribution in [1.29, 1.82) is 0 Å². The molecule has 1 heterocycles. The Labute approximate surface area is 190 Å². The summed E-state index contributed by atoms with van der Waals surface area (Å²) >= 11 is 0. The first-order chi connectivity index (χ1) is 15.5. The zero-order valence-corrected chi connectivity index (χ0v) is 19.3. The number of guanidine groups is 1. The molecule has 1 aliphatic rings. The van der Waals surface area contributed by atoms with Crippen LogP contribution in [0.15, 0.2) is 47.5 Å². The number of aliphatic imine (C=N–C) groups is 1. The number of anilines is 2. The molecular weight excluding hydrogens is 404 g/mol. The van der Waals surface area contributed by atoms with Crippen molar-refractivity contribution in [2.24, 2.45) is 4.99 Å². The predicted molar refractivity (Wildman–Crippen MR) is 130 cm³/mol. The molecular formula is C25H34N4O3. The Kier molecular flexibility index (Phi) is 8.50. The van der Waals surface area contributed by atoms with Crippen molar-refractivity contribution in [3.05, 3.63) is 59.2 Å². The van der Waals surface area contributed by atoms with E-state index in [0.717, 1.165) is 44.2 Å². The van der Waals surface area contributed by atoms with Crippen LogP contribution in [0.2, 0.25) is 0 Å². The summed E-state index contributed by atoms with van der Waals surface area (Å²) in [4.78, 5) is 20.8. The van der Waals surface area contributed by atoms with Gasteiger partial charge in [0.25, 0.3) is 0 Å². The van der Waals surface area contributed by atoms with E-state index in [2.05, 4.69) is 47.2 Å². The maximum Gasteiger partial charge on any atom is 0.335 e. The van der Waals surface area contributed by atoms with Crippen LogP contribution in [0.1, 0.15) is 34.8 Å². The molecule has 2 aromatic rings. The van der Waals surface area contributed by atoms with Crippen LogP contribution in [0, 0.1) is 13.8 Å². The third-order valence-electron chi connectivity index (χ3n) is 5.56. The number of hydrogen-bond acceptors (Lipinski definition) is 4. The molecule has 3 rings (SSSR count). The van der Waals surface area contributed by atoms with Gasteiger partial charge in [-0.15, -0.1) is 0 Å². The molecule has 0 atom stereocenters. The minimum atomic E-state index is -0.939. The fourth-order valence-corrected chi connectivity index (χ4v) is 3.79. The van der Waals surface area contributed by atoms with E-state index >= 15 is 0 Å². The van der Waals surface area contributed by atoms with Gasteiger partial charge in [0, 0.05) is 57.3 Å². The highest BCUT2D eigenvalue weighted by Crippen LogP contribution is 2.23. The zero-order valence-electron chi connectivity index (χ0n) is 19.3. The lowest BCUT2D eigenvalue weighted by Gasteiger charge is -2.38. The van der Waals surface area contributed by atoms with Gasteiger partial charge in [0.2, 0.25) is 0 Å². The Hall–Kier alpha value is -3.06. The highest BCUT2D eigenvalue weighted by molar-refractivity contribution is 5.96. The summed E-state index contributed by atoms with van der Waals surface area (Å²) in [5, 5.41) is 12.7. The average molecular weight is 439 g/mol. The quantitative estimate of drug-likeness (QED) is 0.368. The molecule has 7 nitrogen and oxygen atoms in total. The largest absolute Gasteiger partial charge is 0.478 e. The van der Waals surface area contributed by atoms with Gasteiger partial charge in [-0.05, 0) is 62.6 Å². The third-order valence-corrected chi connectivity index (χ3v) is 5.56. The maximum atomic E-state index is 11.3. The second-order valence-corrected chi connectivity index (χ2v) is 8.03. The number of hydrogen-bond donors (Lipinski definition) is 2. The molecule has 0 aliphatic carbocycles. The molecule has 0 unspecified atom stereocenters. The van der Waals surface area contributed by atoms with Gasteiger partial charge in [-0.1, -0.05) is 18.2 Å². The first kappa shape index (κ1) is 23.6. The number of aryl methyl sites for hydroxylation is 2. The first-order valence-electron chi connectivity index (χ1n) is 11.3. The van der Waals surface area contributed by atoms with E-state index in [1.54, 1.807) is 18.2 Å². The van der Waals surface area contributed by atoms with Crippen molar-refractivity contribution in [2.45, 2.75) is 27.2 Å². The smallest absolute Gasteiger partial charge is 0.335 e. The molecule has 0 bridgehead atoms. The molecule has 0 amide bonds. The predicted octanol–water partition coefficient (Wildman–Crippen LogP) is 4.02. The summed E-state index contributed by atoms with van der Waals surface area (Å²) in [7, 11) is 0. The summed E-state index contributed by atoms with van der Waals surface area (Å²) in [6.07, 6.45) is 0.844. The van der Waals surface area contributed by atoms with Crippen LogP contribution in [0.3, 0.4) is 0 Å². The minimum absolute atomic E-state index is 0.255. The molecule has 0 aromatic heterocycles. The number of carboxylic acid groups (broad SMARTS) is 1. The molecule has 1 aliphatic heterocycles. The van der Waals surface area contributed by atoms with Crippen molar-refractivity contribution < 1.29 is 14.6 Å². The highest BCUT2D eigenvalue weighted by atomic mass is 16.5. The van der Waals surface area contributed by atoms with Crippen LogP contribution in [0.5, 0.6) is 0 Å². The fourth-order valence-electron chi connectivity index (χ4n) is 3.79. The molecule has 1 fully saturated rings. The Morgan fingerprint density at radius 3 is 2.62 bits per heavy atom. The molecule has 172 valence electrons. The molecule has 2 aromatic carbocycles. The number of carbonyl (C=O) groups is 1. The van der Waals surface area contributed by atoms with Crippen molar-refractivity contribution >= 4 is 23.3 Å². The number of carboxylic acids is 1. The van der Waals surface area contributed by atoms with E-state index in [1.807, 2.05) is 13.0 Å². The number of aromatic carboxylic acids is 1. The minimum Gasteiger partial charge on any atom is -0.478 e. The highest BCUT2D eigenvalue weighted by Gasteiger charge is 2.21. The second kappa shape index (κ2) is 11.5. The number of rotatable bonds is 8. The maximum absolute atomic E-state index is 11.3. The number of nitrogens with zero attached hydrogens (tertiary/aromatic N) is 3. The summed E-state index contributed by atoms with van der Waals surface area (Å²) in [6, 6.07) is 13.4. The van der Waals surface area contributed by atoms with E-state index in [4.69, 9.17) is 9.73 Å². The zero-order chi connectivity index (χ0) is 22.9. The lowest BCUT2D eigenvalue weighted by molar-refractivity contribution is 0.0697. The Morgan fingerprint density at radius 1 is 1.12 bits per heavy atom. The molecule has 0 spiro atoms. The Balaban J connectivity index is 1.70. The molecule has 2 N–H and O–H groups in total. The lowest BCUT2D eigenvalue weighted by atomic mass is 10.1. The fraction of sp³-hybridized carbons (Fsp3) is 0.440. The van der Waals surface area contributed by atoms with E-state index in [0.29, 0.717) is 19.8 Å². The average Bonchev–Trinajstić information content (AvgIpc) is 2.80. The van der Waals surface area contributed by atoms with E-state index < -0.39 is 5.97 Å². The topological polar surface area (TPSA) is 77.4 Å². The second-order valence-electron chi connectivity index (χ2n) is 8.03. The van der Waals surface area contributed by atoms with Crippen LogP contribution >= 0.6 is 0 Å². The van der Waals surface area contributed by atoms with Gasteiger partial charge in [-0.3, -0.25) is 4.99 Å². The van der Waals surface area contributed by atoms with Crippen LogP contribution in [0.25, 0.3) is 0 Å². The molecule has 32 heavy (non-hydrogen) atoms. The van der Waals surface area contributed by atoms with Gasteiger partial charge >= 0.3 is 5.97 Å². The van der Waals surface area contributed by atoms with Crippen molar-refractivity contribution in [3.63, 3.8) is 0 Å². The molecule has 1 saturated heterocycles. The van der Waals surface area contributed by atoms with Crippen LogP contribution in [-0.4, -0.2) is 67.9 Å². The van der Waals surface area contributed by atoms with Gasteiger partial charge in [0.15, 0.2) is 5.96 Å². The van der Waals surface area contributed by atoms with Crippen LogP contribution in [0.4, 0.5) is 11.4 Å². The Bertz CT molecular complexity index is 937. The number of ether oxygens (including phenoxy) is 1. The Morgan fingerprint density at radius 2 is 1.91 bits per heavy atom. The van der Waals surface area contributed by atoms with Crippen LogP contribution < -0.4 is 10.2 Å². The normalized spacial score (nSPS) is 14.5. The molecule has 0 saturated carbocycles. The van der Waals surface area contributed by atoms with Gasteiger partial charge in [-0.25, -0.2) is 4.79 Å².